The van der Waals surface area contributed by atoms with Gasteiger partial charge in [0.15, 0.2) is 5.65 Å². The molecule has 2 saturated heterocycles. The fraction of sp³-hybridized carbons (Fsp3) is 0.552. The Morgan fingerprint density at radius 1 is 1.16 bits per heavy atom. The summed E-state index contributed by atoms with van der Waals surface area (Å²) in [5, 5.41) is 8.87. The van der Waals surface area contributed by atoms with Crippen molar-refractivity contribution < 1.29 is 9.18 Å². The summed E-state index contributed by atoms with van der Waals surface area (Å²) in [5.74, 6) is 1.43. The van der Waals surface area contributed by atoms with Crippen LogP contribution in [0.5, 0.6) is 0 Å². The Labute approximate surface area is 225 Å². The number of rotatable bonds is 4. The molecule has 38 heavy (non-hydrogen) atoms. The molecule has 5 atom stereocenters. The van der Waals surface area contributed by atoms with Gasteiger partial charge < -0.3 is 15.2 Å². The number of piperidine rings is 1. The normalized spacial score (nSPS) is 27.1. The molecule has 1 aliphatic carbocycles. The van der Waals surface area contributed by atoms with Gasteiger partial charge in [0.2, 0.25) is 5.91 Å². The number of aromatic nitrogens is 4. The molecule has 2 aliphatic heterocycles. The van der Waals surface area contributed by atoms with Crippen LogP contribution in [0.1, 0.15) is 72.1 Å². The zero-order valence-electron chi connectivity index (χ0n) is 22.6. The number of aryl methyl sites for hydroxylation is 2. The van der Waals surface area contributed by atoms with Crippen molar-refractivity contribution in [1.29, 1.82) is 0 Å². The van der Waals surface area contributed by atoms with Gasteiger partial charge in [-0.15, -0.1) is 11.3 Å². The Bertz CT molecular complexity index is 1580. The molecule has 4 aromatic heterocycles. The topological polar surface area (TPSA) is 78.3 Å². The Morgan fingerprint density at radius 3 is 2.66 bits per heavy atom. The molecule has 1 saturated carbocycles. The summed E-state index contributed by atoms with van der Waals surface area (Å²) in [6, 6.07) is -0.0711. The SMILES string of the molecule is Cc1c(-c2[nH]c3sc([C@@H]4CC5C[C@H]4CN5C(=O)[C@@H]4C[C@H](F)CN4)c(C)c3c2C(C)C)cn2ncnc2c1C. The number of nitrogens with zero attached hydrogens (tertiary/aromatic N) is 4. The van der Waals surface area contributed by atoms with Crippen molar-refractivity contribution in [3.05, 3.63) is 39.7 Å². The van der Waals surface area contributed by atoms with Gasteiger partial charge in [-0.3, -0.25) is 4.79 Å². The van der Waals surface area contributed by atoms with Gasteiger partial charge in [-0.2, -0.15) is 5.10 Å². The predicted octanol–water partition coefficient (Wildman–Crippen LogP) is 5.39. The summed E-state index contributed by atoms with van der Waals surface area (Å²) in [5.41, 5.74) is 8.41. The van der Waals surface area contributed by atoms with E-state index in [2.05, 4.69) is 66.1 Å². The number of hydrogen-bond donors (Lipinski definition) is 2. The minimum absolute atomic E-state index is 0.104. The lowest BCUT2D eigenvalue weighted by molar-refractivity contribution is -0.134. The highest BCUT2D eigenvalue weighted by Crippen LogP contribution is 2.53. The molecule has 1 amide bonds. The third kappa shape index (κ3) is 3.43. The van der Waals surface area contributed by atoms with E-state index in [-0.39, 0.29) is 18.0 Å². The first-order valence-electron chi connectivity index (χ1n) is 13.9. The molecule has 0 aromatic carbocycles. The third-order valence-electron chi connectivity index (χ3n) is 9.47. The maximum absolute atomic E-state index is 13.7. The number of carbonyl (C=O) groups is 1. The summed E-state index contributed by atoms with van der Waals surface area (Å²) in [4.78, 5) is 26.1. The van der Waals surface area contributed by atoms with Crippen LogP contribution >= 0.6 is 11.3 Å². The van der Waals surface area contributed by atoms with Crippen LogP contribution in [0.2, 0.25) is 0 Å². The zero-order valence-corrected chi connectivity index (χ0v) is 23.5. The number of H-pyrrole nitrogens is 1. The Hall–Kier alpha value is -2.78. The number of nitrogens with one attached hydrogen (secondary N) is 2. The van der Waals surface area contributed by atoms with E-state index in [0.717, 1.165) is 30.6 Å². The van der Waals surface area contributed by atoms with Gasteiger partial charge in [0, 0.05) is 53.5 Å². The lowest BCUT2D eigenvalue weighted by Gasteiger charge is -2.33. The molecule has 4 aromatic rings. The number of aromatic amines is 1. The van der Waals surface area contributed by atoms with Gasteiger partial charge in [-0.05, 0) is 67.7 Å². The van der Waals surface area contributed by atoms with Gasteiger partial charge >= 0.3 is 0 Å². The second-order valence-electron chi connectivity index (χ2n) is 12.0. The van der Waals surface area contributed by atoms with Crippen molar-refractivity contribution in [2.24, 2.45) is 5.92 Å². The summed E-state index contributed by atoms with van der Waals surface area (Å²) in [6.07, 6.45) is 5.20. The number of thiophene rings is 1. The largest absolute Gasteiger partial charge is 0.346 e. The van der Waals surface area contributed by atoms with Crippen LogP contribution in [0.15, 0.2) is 12.5 Å². The van der Waals surface area contributed by atoms with Crippen LogP contribution < -0.4 is 5.32 Å². The summed E-state index contributed by atoms with van der Waals surface area (Å²) in [6.45, 7) is 12.2. The second kappa shape index (κ2) is 8.61. The van der Waals surface area contributed by atoms with Crippen LogP contribution in [-0.2, 0) is 4.79 Å². The minimum atomic E-state index is -0.904. The van der Waals surface area contributed by atoms with E-state index in [1.807, 2.05) is 15.9 Å². The van der Waals surface area contributed by atoms with Crippen molar-refractivity contribution >= 4 is 33.1 Å². The molecular formula is C29H35FN6OS. The van der Waals surface area contributed by atoms with E-state index >= 15 is 0 Å². The highest BCUT2D eigenvalue weighted by Gasteiger charge is 2.49. The number of likely N-dealkylation sites (tertiary alicyclic amines) is 1. The van der Waals surface area contributed by atoms with Gasteiger partial charge in [0.05, 0.1) is 11.7 Å². The van der Waals surface area contributed by atoms with Crippen molar-refractivity contribution in [2.75, 3.05) is 13.1 Å². The molecule has 9 heteroatoms. The molecule has 0 spiro atoms. The molecule has 3 aliphatic rings. The summed E-state index contributed by atoms with van der Waals surface area (Å²) >= 11 is 1.90. The average molecular weight is 535 g/mol. The number of hydrogen-bond acceptors (Lipinski definition) is 5. The zero-order chi connectivity index (χ0) is 26.5. The van der Waals surface area contributed by atoms with Crippen LogP contribution in [0.3, 0.4) is 0 Å². The third-order valence-corrected chi connectivity index (χ3v) is 10.8. The average Bonchev–Trinajstić information content (AvgIpc) is 3.71. The second-order valence-corrected chi connectivity index (χ2v) is 13.0. The first-order valence-corrected chi connectivity index (χ1v) is 14.7. The van der Waals surface area contributed by atoms with E-state index < -0.39 is 6.17 Å². The van der Waals surface area contributed by atoms with E-state index in [4.69, 9.17) is 0 Å². The van der Waals surface area contributed by atoms with E-state index in [1.54, 1.807) is 6.33 Å². The molecule has 3 fully saturated rings. The molecule has 7 rings (SSSR count). The van der Waals surface area contributed by atoms with Gasteiger partial charge in [-0.1, -0.05) is 13.8 Å². The lowest BCUT2D eigenvalue weighted by Crippen LogP contribution is -2.47. The predicted molar refractivity (Wildman–Crippen MR) is 149 cm³/mol. The Balaban J connectivity index is 1.23. The molecule has 7 nitrogen and oxygen atoms in total. The van der Waals surface area contributed by atoms with Crippen LogP contribution in [0, 0.1) is 26.7 Å². The maximum Gasteiger partial charge on any atom is 0.240 e. The number of amides is 1. The van der Waals surface area contributed by atoms with E-state index in [1.165, 1.54) is 43.0 Å². The molecule has 2 N–H and O–H groups in total. The quantitative estimate of drug-likeness (QED) is 0.368. The Kier molecular flexibility index (Phi) is 5.50. The molecule has 2 bridgehead atoms. The minimum Gasteiger partial charge on any atom is -0.346 e. The fourth-order valence-electron chi connectivity index (χ4n) is 7.47. The number of pyridine rings is 1. The van der Waals surface area contributed by atoms with Crippen molar-refractivity contribution in [2.45, 2.75) is 84.0 Å². The lowest BCUT2D eigenvalue weighted by atomic mass is 9.88. The molecule has 6 heterocycles. The first-order chi connectivity index (χ1) is 18.2. The monoisotopic (exact) mass is 534 g/mol. The number of halogens is 1. The molecule has 0 radical (unpaired) electrons. The van der Waals surface area contributed by atoms with Gasteiger partial charge in [-0.25, -0.2) is 13.9 Å². The van der Waals surface area contributed by atoms with Gasteiger partial charge in [0.25, 0.3) is 0 Å². The Morgan fingerprint density at radius 2 is 1.97 bits per heavy atom. The molecular weight excluding hydrogens is 499 g/mol. The van der Waals surface area contributed by atoms with Crippen LogP contribution in [0.4, 0.5) is 4.39 Å². The van der Waals surface area contributed by atoms with Gasteiger partial charge in [0.1, 0.15) is 17.3 Å². The van der Waals surface area contributed by atoms with Crippen LogP contribution in [-0.4, -0.2) is 61.7 Å². The van der Waals surface area contributed by atoms with Crippen molar-refractivity contribution in [3.63, 3.8) is 0 Å². The van der Waals surface area contributed by atoms with E-state index in [0.29, 0.717) is 30.7 Å². The fourth-order valence-corrected chi connectivity index (χ4v) is 8.91. The number of alkyl halides is 1. The number of carbonyl (C=O) groups excluding carboxylic acids is 1. The summed E-state index contributed by atoms with van der Waals surface area (Å²) in [7, 11) is 0. The number of fused-ring (bicyclic) bond motifs is 4. The summed E-state index contributed by atoms with van der Waals surface area (Å²) < 4.78 is 15.6. The standard InChI is InChI=1S/C29H35FN6OS/c1-13(2)23-24-16(5)26(20-8-19-6-17(20)10-35(19)29(37)22-7-18(30)9-31-22)38-28(24)34-25(23)21-11-36-27(32-12-33-36)15(4)14(21)3/h11-13,17-20,22,31,34H,6-10H2,1-5H3/t17-,18-,19?,20+,22-/m0/s1. The van der Waals surface area contributed by atoms with Crippen LogP contribution in [0.25, 0.3) is 27.1 Å². The highest BCUT2D eigenvalue weighted by atomic mass is 32.1. The van der Waals surface area contributed by atoms with E-state index in [9.17, 15) is 9.18 Å². The maximum atomic E-state index is 13.7. The first kappa shape index (κ1) is 24.3. The molecule has 200 valence electrons. The smallest absolute Gasteiger partial charge is 0.240 e. The van der Waals surface area contributed by atoms with Crippen molar-refractivity contribution in [3.8, 4) is 11.3 Å². The molecule has 1 unspecified atom stereocenters. The van der Waals surface area contributed by atoms with Crippen molar-refractivity contribution in [1.82, 2.24) is 29.8 Å². The highest BCUT2D eigenvalue weighted by molar-refractivity contribution is 7.19.